The molecular formula is C20H13F3. The number of halogens is 3. The largest absolute Gasteiger partial charge is 0.416 e. The van der Waals surface area contributed by atoms with Crippen molar-refractivity contribution in [1.29, 1.82) is 0 Å². The predicted molar refractivity (Wildman–Crippen MR) is 84.3 cm³/mol. The molecule has 0 aliphatic heterocycles. The Labute approximate surface area is 132 Å². The highest BCUT2D eigenvalue weighted by atomic mass is 19.4. The summed E-state index contributed by atoms with van der Waals surface area (Å²) in [5, 5.41) is 0. The van der Waals surface area contributed by atoms with E-state index in [2.05, 4.69) is 0 Å². The van der Waals surface area contributed by atoms with Gasteiger partial charge in [-0.15, -0.1) is 0 Å². The second kappa shape index (κ2) is 4.98. The third kappa shape index (κ3) is 2.15. The minimum atomic E-state index is -4.36. The van der Waals surface area contributed by atoms with Gasteiger partial charge in [0.25, 0.3) is 0 Å². The van der Waals surface area contributed by atoms with E-state index in [0.717, 1.165) is 22.3 Å². The van der Waals surface area contributed by atoms with E-state index < -0.39 is 11.7 Å². The summed E-state index contributed by atoms with van der Waals surface area (Å²) in [5.41, 5.74) is 3.67. The molecule has 0 nitrogen and oxygen atoms in total. The Kier molecular flexibility index (Phi) is 3.05. The zero-order valence-corrected chi connectivity index (χ0v) is 12.1. The topological polar surface area (TPSA) is 0 Å². The average Bonchev–Trinajstić information content (AvgIpc) is 2.88. The Morgan fingerprint density at radius 3 is 1.52 bits per heavy atom. The number of rotatable bonds is 1. The average molecular weight is 310 g/mol. The van der Waals surface area contributed by atoms with E-state index in [4.69, 9.17) is 0 Å². The van der Waals surface area contributed by atoms with Gasteiger partial charge in [0.15, 0.2) is 0 Å². The van der Waals surface area contributed by atoms with E-state index in [-0.39, 0.29) is 5.92 Å². The van der Waals surface area contributed by atoms with Gasteiger partial charge >= 0.3 is 6.18 Å². The van der Waals surface area contributed by atoms with E-state index in [0.29, 0.717) is 5.56 Å². The molecule has 0 fully saturated rings. The smallest absolute Gasteiger partial charge is 0.166 e. The Hall–Kier alpha value is -2.55. The van der Waals surface area contributed by atoms with Crippen LogP contribution in [0, 0.1) is 0 Å². The molecule has 0 amide bonds. The van der Waals surface area contributed by atoms with Gasteiger partial charge in [0, 0.05) is 5.92 Å². The normalized spacial score (nSPS) is 13.7. The Bertz CT molecular complexity index is 832. The van der Waals surface area contributed by atoms with Crippen LogP contribution in [0.4, 0.5) is 13.2 Å². The molecule has 0 unspecified atom stereocenters. The highest BCUT2D eigenvalue weighted by Gasteiger charge is 2.38. The van der Waals surface area contributed by atoms with Crippen molar-refractivity contribution in [2.45, 2.75) is 12.1 Å². The van der Waals surface area contributed by atoms with Crippen LogP contribution in [0.1, 0.15) is 28.2 Å². The lowest BCUT2D eigenvalue weighted by molar-refractivity contribution is -0.138. The maximum absolute atomic E-state index is 13.5. The zero-order chi connectivity index (χ0) is 16.0. The molecule has 3 aromatic carbocycles. The molecule has 0 N–H and O–H groups in total. The molecule has 3 heteroatoms. The molecule has 0 spiro atoms. The van der Waals surface area contributed by atoms with Gasteiger partial charge in [-0.2, -0.15) is 13.2 Å². The molecule has 3 aromatic rings. The van der Waals surface area contributed by atoms with Crippen molar-refractivity contribution in [3.05, 3.63) is 95.1 Å². The second-order valence-corrected chi connectivity index (χ2v) is 5.69. The summed E-state index contributed by atoms with van der Waals surface area (Å²) in [6.07, 6.45) is -4.36. The van der Waals surface area contributed by atoms with Crippen LogP contribution in [0.3, 0.4) is 0 Å². The van der Waals surface area contributed by atoms with Crippen molar-refractivity contribution in [3.63, 3.8) is 0 Å². The molecule has 0 heterocycles. The first-order chi connectivity index (χ1) is 11.1. The van der Waals surface area contributed by atoms with E-state index in [1.807, 2.05) is 48.5 Å². The summed E-state index contributed by atoms with van der Waals surface area (Å²) in [4.78, 5) is 0. The van der Waals surface area contributed by atoms with Gasteiger partial charge in [-0.05, 0) is 33.9 Å². The molecule has 1 aliphatic carbocycles. The van der Waals surface area contributed by atoms with Gasteiger partial charge in [-0.1, -0.05) is 66.7 Å². The van der Waals surface area contributed by atoms with Crippen molar-refractivity contribution in [2.75, 3.05) is 0 Å². The van der Waals surface area contributed by atoms with E-state index in [1.54, 1.807) is 12.1 Å². The minimum absolute atomic E-state index is 0.317. The molecule has 0 saturated carbocycles. The molecule has 23 heavy (non-hydrogen) atoms. The van der Waals surface area contributed by atoms with Crippen LogP contribution in [0.2, 0.25) is 0 Å². The van der Waals surface area contributed by atoms with E-state index >= 15 is 0 Å². The van der Waals surface area contributed by atoms with Crippen LogP contribution in [0.15, 0.2) is 72.8 Å². The lowest BCUT2D eigenvalue weighted by Gasteiger charge is -2.19. The third-order valence-electron chi connectivity index (χ3n) is 4.41. The molecular weight excluding hydrogens is 297 g/mol. The maximum Gasteiger partial charge on any atom is 0.416 e. The maximum atomic E-state index is 13.5. The highest BCUT2D eigenvalue weighted by Crippen LogP contribution is 2.50. The summed E-state index contributed by atoms with van der Waals surface area (Å²) in [6, 6.07) is 21.3. The quantitative estimate of drug-likeness (QED) is 0.413. The molecule has 114 valence electrons. The standard InChI is InChI=1S/C20H13F3/c21-20(22,23)18-12-6-5-11-17(18)19-15-9-3-1-7-13(15)14-8-2-4-10-16(14)19/h1-12,19H. The van der Waals surface area contributed by atoms with Gasteiger partial charge in [0.1, 0.15) is 0 Å². The number of benzene rings is 3. The summed E-state index contributed by atoms with van der Waals surface area (Å²) >= 11 is 0. The Morgan fingerprint density at radius 2 is 1.00 bits per heavy atom. The van der Waals surface area contributed by atoms with Crippen LogP contribution in [0.5, 0.6) is 0 Å². The molecule has 0 saturated heterocycles. The fourth-order valence-corrected chi connectivity index (χ4v) is 3.50. The van der Waals surface area contributed by atoms with Crippen molar-refractivity contribution >= 4 is 0 Å². The first-order valence-corrected chi connectivity index (χ1v) is 7.42. The van der Waals surface area contributed by atoms with Gasteiger partial charge < -0.3 is 0 Å². The fraction of sp³-hybridized carbons (Fsp3) is 0.100. The molecule has 0 bridgehead atoms. The Balaban J connectivity index is 2.01. The molecule has 0 aromatic heterocycles. The van der Waals surface area contributed by atoms with Gasteiger partial charge in [0.05, 0.1) is 5.56 Å². The van der Waals surface area contributed by atoms with Gasteiger partial charge in [-0.3, -0.25) is 0 Å². The number of hydrogen-bond donors (Lipinski definition) is 0. The van der Waals surface area contributed by atoms with Crippen LogP contribution >= 0.6 is 0 Å². The third-order valence-corrected chi connectivity index (χ3v) is 4.41. The van der Waals surface area contributed by atoms with Crippen LogP contribution in [0.25, 0.3) is 11.1 Å². The van der Waals surface area contributed by atoms with Crippen molar-refractivity contribution in [2.24, 2.45) is 0 Å². The summed E-state index contributed by atoms with van der Waals surface area (Å²) in [6.45, 7) is 0. The highest BCUT2D eigenvalue weighted by molar-refractivity contribution is 5.80. The van der Waals surface area contributed by atoms with Crippen LogP contribution in [-0.2, 0) is 6.18 Å². The second-order valence-electron chi connectivity index (χ2n) is 5.69. The van der Waals surface area contributed by atoms with Crippen LogP contribution in [-0.4, -0.2) is 0 Å². The first kappa shape index (κ1) is 14.1. The van der Waals surface area contributed by atoms with E-state index in [1.165, 1.54) is 12.1 Å². The number of hydrogen-bond acceptors (Lipinski definition) is 0. The number of alkyl halides is 3. The van der Waals surface area contributed by atoms with Gasteiger partial charge in [-0.25, -0.2) is 0 Å². The summed E-state index contributed by atoms with van der Waals surface area (Å²) in [5.74, 6) is -0.375. The van der Waals surface area contributed by atoms with Crippen molar-refractivity contribution in [3.8, 4) is 11.1 Å². The Morgan fingerprint density at radius 1 is 0.565 bits per heavy atom. The first-order valence-electron chi connectivity index (χ1n) is 7.42. The predicted octanol–water partition coefficient (Wildman–Crippen LogP) is 5.87. The molecule has 0 atom stereocenters. The van der Waals surface area contributed by atoms with Crippen molar-refractivity contribution < 1.29 is 13.2 Å². The van der Waals surface area contributed by atoms with Gasteiger partial charge in [0.2, 0.25) is 0 Å². The summed E-state index contributed by atoms with van der Waals surface area (Å²) in [7, 11) is 0. The zero-order valence-electron chi connectivity index (χ0n) is 12.1. The molecule has 4 rings (SSSR count). The van der Waals surface area contributed by atoms with Crippen molar-refractivity contribution in [1.82, 2.24) is 0 Å². The lowest BCUT2D eigenvalue weighted by atomic mass is 9.86. The van der Waals surface area contributed by atoms with Crippen LogP contribution < -0.4 is 0 Å². The monoisotopic (exact) mass is 310 g/mol. The minimum Gasteiger partial charge on any atom is -0.166 e. The fourth-order valence-electron chi connectivity index (χ4n) is 3.50. The molecule has 0 radical (unpaired) electrons. The number of fused-ring (bicyclic) bond motifs is 3. The lowest BCUT2D eigenvalue weighted by Crippen LogP contribution is -2.12. The SMILES string of the molecule is FC(F)(F)c1ccccc1C1c2ccccc2-c2ccccc21. The molecule has 1 aliphatic rings. The van der Waals surface area contributed by atoms with E-state index in [9.17, 15) is 13.2 Å². The summed E-state index contributed by atoms with van der Waals surface area (Å²) < 4.78 is 40.4.